The van der Waals surface area contributed by atoms with Crippen LogP contribution in [0.5, 0.6) is 28.7 Å². The normalized spacial score (nSPS) is 10.2. The fourth-order valence-electron chi connectivity index (χ4n) is 3.71. The highest BCUT2D eigenvalue weighted by Gasteiger charge is 2.14. The van der Waals surface area contributed by atoms with Crippen LogP contribution < -0.4 is 18.9 Å². The minimum Gasteiger partial charge on any atom is -0.508 e. The van der Waals surface area contributed by atoms with Crippen LogP contribution in [0.15, 0.2) is 110 Å². The summed E-state index contributed by atoms with van der Waals surface area (Å²) in [4.78, 5) is 60.2. The van der Waals surface area contributed by atoms with Gasteiger partial charge in [0.2, 0.25) is 0 Å². The number of carbonyl (C=O) groups excluding carboxylic acids is 5. The number of hydrogen-bond acceptors (Lipinski definition) is 12. The standard InChI is InChI=1S/C35H28O12/c1-2-31(37)42-21-3-4-22-43-35(41)47-30-15-9-25(10-16-30)33(39)44-27-13-7-24(8-14-27)34(40)46-29-19-17-28(18-20-29)45-32(38)23-5-11-26(36)12-6-23/h2,5-20,36H,1,3-4,21-22H2. The Labute approximate surface area is 268 Å². The van der Waals surface area contributed by atoms with Gasteiger partial charge in [-0.05, 0) is 110 Å². The molecular weight excluding hydrogens is 612 g/mol. The second-order valence-electron chi connectivity index (χ2n) is 9.51. The maximum absolute atomic E-state index is 12.6. The van der Waals surface area contributed by atoms with E-state index >= 15 is 0 Å². The molecule has 0 radical (unpaired) electrons. The first-order chi connectivity index (χ1) is 22.7. The van der Waals surface area contributed by atoms with Gasteiger partial charge >= 0.3 is 30.0 Å². The predicted octanol–water partition coefficient (Wildman–Crippen LogP) is 6.07. The monoisotopic (exact) mass is 640 g/mol. The third-order valence-electron chi connectivity index (χ3n) is 6.11. The summed E-state index contributed by atoms with van der Waals surface area (Å²) < 4.78 is 30.8. The SMILES string of the molecule is C=CC(=O)OCCCCOC(=O)Oc1ccc(C(=O)Oc2ccc(C(=O)Oc3ccc(OC(=O)c4ccc(O)cc4)cc3)cc2)cc1. The molecule has 1 N–H and O–H groups in total. The number of carbonyl (C=O) groups is 5. The molecule has 12 heteroatoms. The summed E-state index contributed by atoms with van der Waals surface area (Å²) in [5, 5.41) is 9.34. The average Bonchev–Trinajstić information content (AvgIpc) is 3.08. The summed E-state index contributed by atoms with van der Waals surface area (Å²) in [5.74, 6) is -1.70. The highest BCUT2D eigenvalue weighted by molar-refractivity contribution is 5.93. The van der Waals surface area contributed by atoms with Gasteiger partial charge in [0.25, 0.3) is 0 Å². The van der Waals surface area contributed by atoms with Crippen LogP contribution in [0.2, 0.25) is 0 Å². The molecule has 0 saturated carbocycles. The van der Waals surface area contributed by atoms with Crippen molar-refractivity contribution in [2.75, 3.05) is 13.2 Å². The van der Waals surface area contributed by atoms with Gasteiger partial charge in [0.15, 0.2) is 0 Å². The van der Waals surface area contributed by atoms with Crippen molar-refractivity contribution in [1.29, 1.82) is 0 Å². The number of unbranched alkanes of at least 4 members (excludes halogenated alkanes) is 1. The maximum Gasteiger partial charge on any atom is 0.513 e. The Kier molecular flexibility index (Phi) is 11.8. The number of ether oxygens (including phenoxy) is 6. The van der Waals surface area contributed by atoms with Crippen molar-refractivity contribution in [2.45, 2.75) is 12.8 Å². The van der Waals surface area contributed by atoms with E-state index < -0.39 is 30.0 Å². The summed E-state index contributed by atoms with van der Waals surface area (Å²) in [6, 6.07) is 22.8. The van der Waals surface area contributed by atoms with E-state index in [0.717, 1.165) is 6.08 Å². The molecule has 0 unspecified atom stereocenters. The number of phenols is 1. The van der Waals surface area contributed by atoms with E-state index in [4.69, 9.17) is 28.4 Å². The zero-order valence-corrected chi connectivity index (χ0v) is 24.8. The van der Waals surface area contributed by atoms with Crippen molar-refractivity contribution in [2.24, 2.45) is 0 Å². The van der Waals surface area contributed by atoms with Crippen molar-refractivity contribution in [3.63, 3.8) is 0 Å². The van der Waals surface area contributed by atoms with E-state index in [1.54, 1.807) is 0 Å². The van der Waals surface area contributed by atoms with Gasteiger partial charge < -0.3 is 33.5 Å². The molecule has 4 aromatic carbocycles. The van der Waals surface area contributed by atoms with E-state index in [2.05, 4.69) is 6.58 Å². The Morgan fingerprint density at radius 3 is 1.26 bits per heavy atom. The van der Waals surface area contributed by atoms with Crippen LogP contribution in [-0.2, 0) is 14.3 Å². The van der Waals surface area contributed by atoms with E-state index in [9.17, 15) is 29.1 Å². The molecule has 0 heterocycles. The van der Waals surface area contributed by atoms with Gasteiger partial charge in [-0.3, -0.25) is 0 Å². The number of rotatable bonds is 13. The number of hydrogen-bond donors (Lipinski definition) is 1. The summed E-state index contributed by atoms with van der Waals surface area (Å²) in [6.07, 6.45) is 1.10. The van der Waals surface area contributed by atoms with Crippen LogP contribution >= 0.6 is 0 Å². The fourth-order valence-corrected chi connectivity index (χ4v) is 3.71. The van der Waals surface area contributed by atoms with Crippen molar-refractivity contribution in [3.8, 4) is 28.7 Å². The minimum absolute atomic E-state index is 0.0247. The fraction of sp³-hybridized carbons (Fsp3) is 0.114. The van der Waals surface area contributed by atoms with E-state index in [1.165, 1.54) is 97.1 Å². The van der Waals surface area contributed by atoms with Gasteiger partial charge in [0.1, 0.15) is 28.7 Å². The molecule has 0 saturated heterocycles. The Morgan fingerprint density at radius 1 is 0.511 bits per heavy atom. The Morgan fingerprint density at radius 2 is 0.851 bits per heavy atom. The van der Waals surface area contributed by atoms with Crippen LogP contribution in [0.25, 0.3) is 0 Å². The summed E-state index contributed by atoms with van der Waals surface area (Å²) in [5.41, 5.74) is 0.628. The van der Waals surface area contributed by atoms with Crippen LogP contribution in [0.1, 0.15) is 43.9 Å². The first-order valence-corrected chi connectivity index (χ1v) is 14.1. The second-order valence-corrected chi connectivity index (χ2v) is 9.51. The molecule has 0 aliphatic carbocycles. The molecule has 0 atom stereocenters. The Balaban J connectivity index is 1.20. The smallest absolute Gasteiger partial charge is 0.508 e. The number of esters is 4. The molecule has 4 aromatic rings. The highest BCUT2D eigenvalue weighted by Crippen LogP contribution is 2.22. The van der Waals surface area contributed by atoms with E-state index in [-0.39, 0.29) is 58.7 Å². The molecule has 0 fully saturated rings. The number of phenolic OH excluding ortho intramolecular Hbond substituents is 1. The van der Waals surface area contributed by atoms with Gasteiger partial charge in [0.05, 0.1) is 29.9 Å². The third-order valence-corrected chi connectivity index (χ3v) is 6.11. The summed E-state index contributed by atoms with van der Waals surface area (Å²) in [6.45, 7) is 3.54. The lowest BCUT2D eigenvalue weighted by Crippen LogP contribution is -2.13. The van der Waals surface area contributed by atoms with Gasteiger partial charge in [0, 0.05) is 6.08 Å². The molecule has 0 spiro atoms. The maximum atomic E-state index is 12.6. The average molecular weight is 641 g/mol. The lowest BCUT2D eigenvalue weighted by molar-refractivity contribution is -0.137. The molecule has 0 aliphatic heterocycles. The van der Waals surface area contributed by atoms with Crippen LogP contribution in [0.3, 0.4) is 0 Å². The van der Waals surface area contributed by atoms with Gasteiger partial charge in [-0.25, -0.2) is 24.0 Å². The van der Waals surface area contributed by atoms with Gasteiger partial charge in [-0.1, -0.05) is 6.58 Å². The first kappa shape index (κ1) is 33.5. The van der Waals surface area contributed by atoms with Crippen molar-refractivity contribution in [3.05, 3.63) is 126 Å². The van der Waals surface area contributed by atoms with Crippen LogP contribution in [-0.4, -0.2) is 48.4 Å². The highest BCUT2D eigenvalue weighted by atomic mass is 16.7. The Bertz CT molecular complexity index is 1710. The van der Waals surface area contributed by atoms with Crippen molar-refractivity contribution >= 4 is 30.0 Å². The van der Waals surface area contributed by atoms with Crippen molar-refractivity contribution < 1.29 is 57.5 Å². The number of benzene rings is 4. The number of aromatic hydroxyl groups is 1. The molecule has 12 nitrogen and oxygen atoms in total. The second kappa shape index (κ2) is 16.6. The van der Waals surface area contributed by atoms with E-state index in [0.29, 0.717) is 12.8 Å². The lowest BCUT2D eigenvalue weighted by atomic mass is 10.2. The molecule has 240 valence electrons. The molecule has 47 heavy (non-hydrogen) atoms. The quantitative estimate of drug-likeness (QED) is 0.0591. The molecule has 0 aliphatic rings. The molecule has 0 bridgehead atoms. The molecule has 4 rings (SSSR count). The van der Waals surface area contributed by atoms with Gasteiger partial charge in [-0.2, -0.15) is 0 Å². The van der Waals surface area contributed by atoms with Gasteiger partial charge in [-0.15, -0.1) is 0 Å². The Hall–Kier alpha value is -6.43. The zero-order valence-electron chi connectivity index (χ0n) is 24.8. The zero-order chi connectivity index (χ0) is 33.6. The molecule has 0 aromatic heterocycles. The van der Waals surface area contributed by atoms with Crippen LogP contribution in [0, 0.1) is 0 Å². The third kappa shape index (κ3) is 10.6. The van der Waals surface area contributed by atoms with E-state index in [1.807, 2.05) is 0 Å². The molecular formula is C35H28O12. The first-order valence-electron chi connectivity index (χ1n) is 14.1. The summed E-state index contributed by atoms with van der Waals surface area (Å²) in [7, 11) is 0. The predicted molar refractivity (Wildman–Crippen MR) is 165 cm³/mol. The molecule has 0 amide bonds. The summed E-state index contributed by atoms with van der Waals surface area (Å²) >= 11 is 0. The van der Waals surface area contributed by atoms with Crippen molar-refractivity contribution in [1.82, 2.24) is 0 Å². The lowest BCUT2D eigenvalue weighted by Gasteiger charge is -2.08. The van der Waals surface area contributed by atoms with Crippen LogP contribution in [0.4, 0.5) is 4.79 Å². The largest absolute Gasteiger partial charge is 0.513 e. The minimum atomic E-state index is -0.925. The topological polar surface area (TPSA) is 161 Å².